The number of morpholine rings is 1. The molecule has 2 heterocycles. The van der Waals surface area contributed by atoms with E-state index in [1.807, 2.05) is 0 Å². The average molecular weight is 449 g/mol. The summed E-state index contributed by atoms with van der Waals surface area (Å²) in [7, 11) is 0. The molecule has 1 aliphatic heterocycles. The van der Waals surface area contributed by atoms with Crippen molar-refractivity contribution in [2.75, 3.05) is 26.3 Å². The zero-order chi connectivity index (χ0) is 22.8. The molecule has 33 heavy (non-hydrogen) atoms. The second kappa shape index (κ2) is 9.21. The van der Waals surface area contributed by atoms with Crippen LogP contribution < -0.4 is 0 Å². The van der Waals surface area contributed by atoms with Crippen molar-refractivity contribution in [3.8, 4) is 28.1 Å². The minimum atomic E-state index is -0.503. The van der Waals surface area contributed by atoms with Crippen LogP contribution in [-0.2, 0) is 11.3 Å². The van der Waals surface area contributed by atoms with Crippen LogP contribution in [0.3, 0.4) is 0 Å². The molecular weight excluding hydrogens is 427 g/mol. The third kappa shape index (κ3) is 4.42. The predicted molar refractivity (Wildman–Crippen MR) is 120 cm³/mol. The van der Waals surface area contributed by atoms with Gasteiger partial charge in [0.25, 0.3) is 0 Å². The van der Waals surface area contributed by atoms with Gasteiger partial charge in [-0.2, -0.15) is 5.10 Å². The molecule has 1 aromatic heterocycles. The van der Waals surface area contributed by atoms with Gasteiger partial charge in [0.15, 0.2) is 0 Å². The predicted octanol–water partition coefficient (Wildman–Crippen LogP) is 5.46. The molecule has 0 unspecified atom stereocenters. The van der Waals surface area contributed by atoms with Crippen molar-refractivity contribution in [2.24, 2.45) is 0 Å². The first-order chi connectivity index (χ1) is 16.1. The van der Waals surface area contributed by atoms with Crippen LogP contribution in [0.15, 0.2) is 72.9 Å². The van der Waals surface area contributed by atoms with E-state index in [4.69, 9.17) is 4.74 Å². The van der Waals surface area contributed by atoms with Crippen LogP contribution in [0.2, 0.25) is 0 Å². The van der Waals surface area contributed by atoms with Crippen LogP contribution in [0, 0.1) is 17.5 Å². The third-order valence-corrected chi connectivity index (χ3v) is 5.82. The molecule has 0 spiro atoms. The quantitative estimate of drug-likeness (QED) is 0.406. The summed E-state index contributed by atoms with van der Waals surface area (Å²) in [5.41, 5.74) is 3.46. The molecule has 7 heteroatoms. The van der Waals surface area contributed by atoms with Crippen LogP contribution in [0.25, 0.3) is 28.1 Å². The Bertz CT molecular complexity index is 1260. The van der Waals surface area contributed by atoms with Crippen molar-refractivity contribution in [3.63, 3.8) is 0 Å². The smallest absolute Gasteiger partial charge is 0.132 e. The fourth-order valence-corrected chi connectivity index (χ4v) is 4.14. The van der Waals surface area contributed by atoms with Gasteiger partial charge in [0.1, 0.15) is 17.5 Å². The lowest BCUT2D eigenvalue weighted by Crippen LogP contribution is -2.35. The molecule has 0 bridgehead atoms. The van der Waals surface area contributed by atoms with Gasteiger partial charge in [-0.3, -0.25) is 4.90 Å². The molecule has 4 nitrogen and oxygen atoms in total. The topological polar surface area (TPSA) is 30.3 Å². The number of rotatable bonds is 5. The Morgan fingerprint density at radius 1 is 0.818 bits per heavy atom. The van der Waals surface area contributed by atoms with E-state index in [-0.39, 0.29) is 11.4 Å². The molecule has 0 radical (unpaired) electrons. The highest BCUT2D eigenvalue weighted by atomic mass is 19.1. The van der Waals surface area contributed by atoms with Crippen molar-refractivity contribution >= 4 is 0 Å². The zero-order valence-electron chi connectivity index (χ0n) is 17.8. The lowest BCUT2D eigenvalue weighted by atomic mass is 10.0. The average Bonchev–Trinajstić information content (AvgIpc) is 3.25. The van der Waals surface area contributed by atoms with Gasteiger partial charge in [-0.25, -0.2) is 17.9 Å². The number of hydrogen-bond donors (Lipinski definition) is 0. The highest BCUT2D eigenvalue weighted by Crippen LogP contribution is 2.31. The highest BCUT2D eigenvalue weighted by molar-refractivity contribution is 5.69. The standard InChI is InChI=1S/C26H22F3N3O/c27-20-7-10-25(29)23(15-20)18-5-8-21(9-6-18)32-26(22-3-1-2-4-24(22)28)19(16-30-32)17-31-11-13-33-14-12-31/h1-10,15-16H,11-14,17H2. The van der Waals surface area contributed by atoms with Gasteiger partial charge in [-0.05, 0) is 48.0 Å². The van der Waals surface area contributed by atoms with E-state index in [9.17, 15) is 13.2 Å². The normalized spacial score (nSPS) is 14.5. The van der Waals surface area contributed by atoms with Gasteiger partial charge in [0.05, 0.1) is 30.8 Å². The lowest BCUT2D eigenvalue weighted by Gasteiger charge is -2.26. The minimum absolute atomic E-state index is 0.185. The van der Waals surface area contributed by atoms with E-state index in [0.29, 0.717) is 42.3 Å². The molecule has 1 fully saturated rings. The second-order valence-corrected chi connectivity index (χ2v) is 7.97. The van der Waals surface area contributed by atoms with Crippen LogP contribution in [0.5, 0.6) is 0 Å². The number of hydrogen-bond acceptors (Lipinski definition) is 3. The summed E-state index contributed by atoms with van der Waals surface area (Å²) in [5, 5.41) is 4.56. The van der Waals surface area contributed by atoms with Crippen molar-refractivity contribution < 1.29 is 17.9 Å². The Labute approximate surface area is 189 Å². The van der Waals surface area contributed by atoms with Gasteiger partial charge in [0.2, 0.25) is 0 Å². The first kappa shape index (κ1) is 21.4. The first-order valence-electron chi connectivity index (χ1n) is 10.8. The molecule has 1 aliphatic rings. The molecule has 1 saturated heterocycles. The second-order valence-electron chi connectivity index (χ2n) is 7.97. The number of nitrogens with zero attached hydrogens (tertiary/aromatic N) is 3. The summed E-state index contributed by atoms with van der Waals surface area (Å²) in [6.07, 6.45) is 1.76. The van der Waals surface area contributed by atoms with E-state index in [2.05, 4.69) is 10.00 Å². The molecule has 168 valence electrons. The summed E-state index contributed by atoms with van der Waals surface area (Å²) >= 11 is 0. The fraction of sp³-hybridized carbons (Fsp3) is 0.192. The van der Waals surface area contributed by atoms with Crippen LogP contribution in [0.1, 0.15) is 5.56 Å². The van der Waals surface area contributed by atoms with Crippen molar-refractivity contribution in [3.05, 3.63) is 95.9 Å². The zero-order valence-corrected chi connectivity index (χ0v) is 17.8. The van der Waals surface area contributed by atoms with E-state index < -0.39 is 11.6 Å². The van der Waals surface area contributed by atoms with Crippen LogP contribution in [-0.4, -0.2) is 41.0 Å². The largest absolute Gasteiger partial charge is 0.379 e. The Balaban J connectivity index is 1.55. The van der Waals surface area contributed by atoms with Crippen LogP contribution in [0.4, 0.5) is 13.2 Å². The minimum Gasteiger partial charge on any atom is -0.379 e. The fourth-order valence-electron chi connectivity index (χ4n) is 4.14. The number of aromatic nitrogens is 2. The Hall–Kier alpha value is -3.42. The van der Waals surface area contributed by atoms with Gasteiger partial charge < -0.3 is 4.74 Å². The van der Waals surface area contributed by atoms with E-state index in [0.717, 1.165) is 30.8 Å². The summed E-state index contributed by atoms with van der Waals surface area (Å²) in [4.78, 5) is 2.25. The molecule has 4 aromatic rings. The molecule has 0 amide bonds. The third-order valence-electron chi connectivity index (χ3n) is 5.82. The summed E-state index contributed by atoms with van der Waals surface area (Å²) in [6, 6.07) is 17.0. The van der Waals surface area contributed by atoms with Gasteiger partial charge in [-0.1, -0.05) is 24.3 Å². The number of ether oxygens (including phenoxy) is 1. The van der Waals surface area contributed by atoms with Crippen LogP contribution >= 0.6 is 0 Å². The number of benzene rings is 3. The Morgan fingerprint density at radius 2 is 1.55 bits per heavy atom. The van der Waals surface area contributed by atoms with E-state index >= 15 is 0 Å². The van der Waals surface area contributed by atoms with Gasteiger partial charge in [-0.15, -0.1) is 0 Å². The Morgan fingerprint density at radius 3 is 2.30 bits per heavy atom. The summed E-state index contributed by atoms with van der Waals surface area (Å²) in [6.45, 7) is 3.56. The lowest BCUT2D eigenvalue weighted by molar-refractivity contribution is 0.0342. The molecule has 0 N–H and O–H groups in total. The number of halogens is 3. The maximum Gasteiger partial charge on any atom is 0.132 e. The van der Waals surface area contributed by atoms with Crippen molar-refractivity contribution in [1.82, 2.24) is 14.7 Å². The Kier molecular flexibility index (Phi) is 5.98. The van der Waals surface area contributed by atoms with Crippen molar-refractivity contribution in [1.29, 1.82) is 0 Å². The first-order valence-corrected chi connectivity index (χ1v) is 10.8. The molecule has 0 aliphatic carbocycles. The molecule has 0 atom stereocenters. The van der Waals surface area contributed by atoms with Gasteiger partial charge >= 0.3 is 0 Å². The maximum atomic E-state index is 14.8. The molecule has 3 aromatic carbocycles. The van der Waals surface area contributed by atoms with Gasteiger partial charge in [0, 0.05) is 36.3 Å². The van der Waals surface area contributed by atoms with Crippen molar-refractivity contribution in [2.45, 2.75) is 6.54 Å². The highest BCUT2D eigenvalue weighted by Gasteiger charge is 2.21. The maximum absolute atomic E-state index is 14.8. The molecule has 5 rings (SSSR count). The van der Waals surface area contributed by atoms with E-state index in [1.54, 1.807) is 53.3 Å². The SMILES string of the molecule is Fc1ccc(F)c(-c2ccc(-n3ncc(CN4CCOCC4)c3-c3ccccc3F)cc2)c1. The monoisotopic (exact) mass is 449 g/mol. The molecular formula is C26H22F3N3O. The summed E-state index contributed by atoms with van der Waals surface area (Å²) in [5.74, 6) is -1.33. The molecule has 0 saturated carbocycles. The van der Waals surface area contributed by atoms with E-state index in [1.165, 1.54) is 12.1 Å². The summed E-state index contributed by atoms with van der Waals surface area (Å²) < 4.78 is 49.8.